The third kappa shape index (κ3) is 1.11. The van der Waals surface area contributed by atoms with Crippen LogP contribution in [-0.2, 0) is 4.79 Å². The fraction of sp³-hybridized carbons (Fsp3) is 0.250. The predicted molar refractivity (Wildman–Crippen MR) is 55.5 cm³/mol. The lowest BCUT2D eigenvalue weighted by molar-refractivity contribution is -0.121. The molecule has 1 amide bonds. The lowest BCUT2D eigenvalue weighted by Gasteiger charge is -2.02. The Morgan fingerprint density at radius 1 is 1.31 bits per heavy atom. The Kier molecular flexibility index (Phi) is 2.14. The van der Waals surface area contributed by atoms with Crippen molar-refractivity contribution in [2.75, 3.05) is 0 Å². The number of amides is 1. The fourth-order valence-corrected chi connectivity index (χ4v) is 2.18. The Labute approximate surface area is 92.9 Å². The van der Waals surface area contributed by atoms with Crippen molar-refractivity contribution in [1.82, 2.24) is 0 Å². The molecule has 1 aliphatic carbocycles. The zero-order chi connectivity index (χ0) is 11.8. The van der Waals surface area contributed by atoms with Crippen LogP contribution in [0.3, 0.4) is 0 Å². The van der Waals surface area contributed by atoms with Gasteiger partial charge in [0.2, 0.25) is 5.91 Å². The number of rotatable bonds is 2. The molecule has 0 saturated heterocycles. The minimum atomic E-state index is -1.34. The molecule has 0 heterocycles. The third-order valence-electron chi connectivity index (χ3n) is 3.10. The third-order valence-corrected chi connectivity index (χ3v) is 3.10. The summed E-state index contributed by atoms with van der Waals surface area (Å²) >= 11 is 0. The van der Waals surface area contributed by atoms with Gasteiger partial charge in [-0.15, -0.1) is 0 Å². The van der Waals surface area contributed by atoms with E-state index in [1.165, 1.54) is 0 Å². The molecular formula is C12H9N3O. The Morgan fingerprint density at radius 3 is 2.31 bits per heavy atom. The van der Waals surface area contributed by atoms with Crippen LogP contribution in [0.1, 0.15) is 11.5 Å². The minimum absolute atomic E-state index is 0.388. The number of primary amides is 1. The lowest BCUT2D eigenvalue weighted by Crippen LogP contribution is -2.26. The quantitative estimate of drug-likeness (QED) is 0.788. The molecule has 4 heteroatoms. The molecule has 0 radical (unpaired) electrons. The molecule has 1 aliphatic rings. The van der Waals surface area contributed by atoms with Crippen molar-refractivity contribution >= 4 is 5.91 Å². The second-order valence-corrected chi connectivity index (χ2v) is 3.84. The summed E-state index contributed by atoms with van der Waals surface area (Å²) in [4.78, 5) is 11.3. The van der Waals surface area contributed by atoms with Crippen molar-refractivity contribution in [3.05, 3.63) is 35.9 Å². The first-order valence-electron chi connectivity index (χ1n) is 4.84. The van der Waals surface area contributed by atoms with Gasteiger partial charge in [-0.2, -0.15) is 10.5 Å². The summed E-state index contributed by atoms with van der Waals surface area (Å²) in [5.41, 5.74) is 4.70. The molecule has 0 aromatic heterocycles. The van der Waals surface area contributed by atoms with E-state index in [0.29, 0.717) is 0 Å². The highest BCUT2D eigenvalue weighted by atomic mass is 16.1. The van der Waals surface area contributed by atoms with E-state index in [1.807, 2.05) is 30.3 Å². The minimum Gasteiger partial charge on any atom is -0.368 e. The maximum atomic E-state index is 11.3. The van der Waals surface area contributed by atoms with Gasteiger partial charge in [0.15, 0.2) is 5.41 Å². The molecule has 4 nitrogen and oxygen atoms in total. The molecule has 1 aromatic carbocycles. The van der Waals surface area contributed by atoms with Gasteiger partial charge < -0.3 is 5.73 Å². The van der Waals surface area contributed by atoms with Gasteiger partial charge in [-0.3, -0.25) is 4.79 Å². The van der Waals surface area contributed by atoms with Gasteiger partial charge in [0, 0.05) is 5.92 Å². The second kappa shape index (κ2) is 3.36. The van der Waals surface area contributed by atoms with E-state index < -0.39 is 17.2 Å². The molecule has 0 bridgehead atoms. The Balaban J connectivity index is 2.44. The number of nitrogens with zero attached hydrogens (tertiary/aromatic N) is 2. The molecule has 3 atom stereocenters. The van der Waals surface area contributed by atoms with Gasteiger partial charge in [0.05, 0.1) is 18.1 Å². The maximum Gasteiger partial charge on any atom is 0.239 e. The molecule has 78 valence electrons. The van der Waals surface area contributed by atoms with Crippen molar-refractivity contribution in [3.63, 3.8) is 0 Å². The van der Waals surface area contributed by atoms with Gasteiger partial charge in [-0.05, 0) is 5.56 Å². The summed E-state index contributed by atoms with van der Waals surface area (Å²) in [5.74, 6) is -1.73. The summed E-state index contributed by atoms with van der Waals surface area (Å²) in [6.45, 7) is 0. The molecule has 16 heavy (non-hydrogen) atoms. The summed E-state index contributed by atoms with van der Waals surface area (Å²) in [6.07, 6.45) is 0. The molecule has 0 aliphatic heterocycles. The van der Waals surface area contributed by atoms with Crippen molar-refractivity contribution in [2.24, 2.45) is 17.1 Å². The van der Waals surface area contributed by atoms with Crippen LogP contribution in [0.2, 0.25) is 0 Å². The monoisotopic (exact) mass is 211 g/mol. The highest BCUT2D eigenvalue weighted by Crippen LogP contribution is 2.63. The highest BCUT2D eigenvalue weighted by Gasteiger charge is 2.71. The smallest absolute Gasteiger partial charge is 0.239 e. The van der Waals surface area contributed by atoms with Crippen LogP contribution in [0.5, 0.6) is 0 Å². The first kappa shape index (κ1) is 10.2. The second-order valence-electron chi connectivity index (χ2n) is 3.84. The van der Waals surface area contributed by atoms with E-state index in [1.54, 1.807) is 12.1 Å². The average Bonchev–Trinajstić information content (AvgIpc) is 2.99. The first-order chi connectivity index (χ1) is 7.68. The summed E-state index contributed by atoms with van der Waals surface area (Å²) in [5, 5.41) is 18.0. The highest BCUT2D eigenvalue weighted by molar-refractivity contribution is 5.90. The van der Waals surface area contributed by atoms with Crippen LogP contribution in [0.25, 0.3) is 0 Å². The van der Waals surface area contributed by atoms with Crippen molar-refractivity contribution in [2.45, 2.75) is 5.92 Å². The predicted octanol–water partition coefficient (Wildman–Crippen LogP) is 0.919. The Hall–Kier alpha value is -2.33. The van der Waals surface area contributed by atoms with Crippen LogP contribution >= 0.6 is 0 Å². The molecule has 1 aromatic rings. The molecule has 2 rings (SSSR count). The van der Waals surface area contributed by atoms with E-state index in [9.17, 15) is 4.79 Å². The lowest BCUT2D eigenvalue weighted by atomic mass is 10.00. The van der Waals surface area contributed by atoms with Crippen LogP contribution in [-0.4, -0.2) is 5.91 Å². The molecular weight excluding hydrogens is 202 g/mol. The number of nitrogens with two attached hydrogens (primary N) is 1. The Bertz CT molecular complexity index is 511. The van der Waals surface area contributed by atoms with Gasteiger partial charge in [-0.1, -0.05) is 30.3 Å². The van der Waals surface area contributed by atoms with Crippen LogP contribution in [0.15, 0.2) is 30.3 Å². The number of carbonyl (C=O) groups excluding carboxylic acids is 1. The van der Waals surface area contributed by atoms with Crippen LogP contribution < -0.4 is 5.73 Å². The first-order valence-corrected chi connectivity index (χ1v) is 4.84. The normalized spacial score (nSPS) is 31.1. The number of benzene rings is 1. The van der Waals surface area contributed by atoms with Crippen molar-refractivity contribution < 1.29 is 4.79 Å². The van der Waals surface area contributed by atoms with E-state index in [0.717, 1.165) is 5.56 Å². The summed E-state index contributed by atoms with van der Waals surface area (Å²) in [7, 11) is 0. The van der Waals surface area contributed by atoms with Crippen molar-refractivity contribution in [3.8, 4) is 12.1 Å². The molecule has 0 unspecified atom stereocenters. The number of hydrogen-bond donors (Lipinski definition) is 1. The van der Waals surface area contributed by atoms with E-state index in [4.69, 9.17) is 16.3 Å². The maximum absolute atomic E-state index is 11.3. The van der Waals surface area contributed by atoms with Gasteiger partial charge in [-0.25, -0.2) is 0 Å². The van der Waals surface area contributed by atoms with Crippen LogP contribution in [0.4, 0.5) is 0 Å². The fourth-order valence-electron chi connectivity index (χ4n) is 2.18. The molecule has 1 fully saturated rings. The average molecular weight is 211 g/mol. The van der Waals surface area contributed by atoms with Crippen molar-refractivity contribution in [1.29, 1.82) is 10.5 Å². The summed E-state index contributed by atoms with van der Waals surface area (Å²) < 4.78 is 0. The van der Waals surface area contributed by atoms with E-state index in [2.05, 4.69) is 0 Å². The van der Waals surface area contributed by atoms with Gasteiger partial charge in [0.25, 0.3) is 0 Å². The summed E-state index contributed by atoms with van der Waals surface area (Å²) in [6, 6.07) is 13.0. The number of nitriles is 2. The van der Waals surface area contributed by atoms with E-state index >= 15 is 0 Å². The van der Waals surface area contributed by atoms with Gasteiger partial charge in [0.1, 0.15) is 0 Å². The zero-order valence-corrected chi connectivity index (χ0v) is 8.42. The zero-order valence-electron chi connectivity index (χ0n) is 8.42. The van der Waals surface area contributed by atoms with Gasteiger partial charge >= 0.3 is 0 Å². The topological polar surface area (TPSA) is 90.7 Å². The molecule has 2 N–H and O–H groups in total. The Morgan fingerprint density at radius 2 is 1.94 bits per heavy atom. The number of carbonyl (C=O) groups is 1. The van der Waals surface area contributed by atoms with Crippen LogP contribution in [0, 0.1) is 34.0 Å². The standard InChI is InChI=1S/C12H9N3O/c13-6-9-10(8-4-2-1-3-5-8)12(9,7-14)11(15)16/h1-5,9-10H,(H2,15,16)/t9-,10+,12-/m1/s1. The number of hydrogen-bond acceptors (Lipinski definition) is 3. The molecule has 1 saturated carbocycles. The molecule has 0 spiro atoms. The SMILES string of the molecule is N#C[C@@H]1[C@H](c2ccccc2)[C@]1(C#N)C(N)=O. The largest absolute Gasteiger partial charge is 0.368 e. The van der Waals surface area contributed by atoms with E-state index in [-0.39, 0.29) is 5.92 Å².